The number of nitrogen functional groups attached to an aromatic ring is 1. The second kappa shape index (κ2) is 7.39. The third-order valence-corrected chi connectivity index (χ3v) is 5.57. The van der Waals surface area contributed by atoms with Crippen molar-refractivity contribution in [3.8, 4) is 0 Å². The number of carboxylic acids is 1. The molecule has 1 aliphatic rings. The third kappa shape index (κ3) is 3.52. The van der Waals surface area contributed by atoms with Crippen LogP contribution in [0.5, 0.6) is 0 Å². The van der Waals surface area contributed by atoms with Crippen molar-refractivity contribution in [3.05, 3.63) is 59.0 Å². The van der Waals surface area contributed by atoms with Gasteiger partial charge in [0.25, 0.3) is 0 Å². The molecule has 2 heterocycles. The predicted octanol–water partition coefficient (Wildman–Crippen LogP) is 3.68. The Morgan fingerprint density at radius 3 is 2.56 bits per heavy atom. The van der Waals surface area contributed by atoms with E-state index in [1.807, 2.05) is 24.4 Å². The van der Waals surface area contributed by atoms with Gasteiger partial charge in [-0.05, 0) is 49.4 Å². The molecule has 1 fully saturated rings. The van der Waals surface area contributed by atoms with Crippen LogP contribution in [0.4, 0.5) is 0 Å². The largest absolute Gasteiger partial charge is 0.478 e. The van der Waals surface area contributed by atoms with E-state index in [9.17, 15) is 4.79 Å². The molecule has 6 nitrogen and oxygen atoms in total. The number of carboxylic acid groups (broad SMARTS) is 1. The molecule has 0 amide bonds. The van der Waals surface area contributed by atoms with Crippen molar-refractivity contribution >= 4 is 16.9 Å². The van der Waals surface area contributed by atoms with E-state index < -0.39 is 5.97 Å². The van der Waals surface area contributed by atoms with Gasteiger partial charge >= 0.3 is 5.97 Å². The Kier molecular flexibility index (Phi) is 4.79. The third-order valence-electron chi connectivity index (χ3n) is 5.57. The maximum absolute atomic E-state index is 11.0. The lowest BCUT2D eigenvalue weighted by molar-refractivity contribution is 0.0697. The highest BCUT2D eigenvalue weighted by molar-refractivity contribution is 5.87. The zero-order valence-corrected chi connectivity index (χ0v) is 15.3. The molecule has 3 aromatic rings. The number of pyridine rings is 1. The lowest BCUT2D eigenvalue weighted by Crippen LogP contribution is -2.10. The highest BCUT2D eigenvalue weighted by Crippen LogP contribution is 2.36. The normalized spacial score (nSPS) is 15.3. The fraction of sp³-hybridized carbons (Fsp3) is 0.381. The van der Waals surface area contributed by atoms with Gasteiger partial charge in [-0.3, -0.25) is 4.98 Å². The molecule has 0 radical (unpaired) electrons. The first-order chi connectivity index (χ1) is 13.1. The topological polar surface area (TPSA) is 94.0 Å². The molecule has 1 saturated carbocycles. The number of carbonyl (C=O) groups is 1. The van der Waals surface area contributed by atoms with Crippen LogP contribution in [0.2, 0.25) is 0 Å². The average molecular weight is 364 g/mol. The van der Waals surface area contributed by atoms with Crippen molar-refractivity contribution in [2.24, 2.45) is 0 Å². The first-order valence-corrected chi connectivity index (χ1v) is 9.57. The van der Waals surface area contributed by atoms with Crippen LogP contribution in [0.25, 0.3) is 10.9 Å². The number of hydrogen-bond donors (Lipinski definition) is 2. The number of nitrogens with two attached hydrogens (primary N) is 1. The molecular weight excluding hydrogens is 340 g/mol. The van der Waals surface area contributed by atoms with Crippen molar-refractivity contribution in [1.29, 1.82) is 0 Å². The smallest absolute Gasteiger partial charge is 0.335 e. The zero-order chi connectivity index (χ0) is 18.8. The molecule has 27 heavy (non-hydrogen) atoms. The molecule has 4 rings (SSSR count). The molecule has 0 unspecified atom stereocenters. The highest BCUT2D eigenvalue weighted by atomic mass is 16.4. The Labute approximate surface area is 158 Å². The van der Waals surface area contributed by atoms with Gasteiger partial charge in [-0.2, -0.15) is 9.89 Å². The highest BCUT2D eigenvalue weighted by Gasteiger charge is 2.22. The predicted molar refractivity (Wildman–Crippen MR) is 104 cm³/mol. The molecule has 0 saturated heterocycles. The lowest BCUT2D eigenvalue weighted by atomic mass is 9.85. The van der Waals surface area contributed by atoms with Crippen molar-refractivity contribution in [1.82, 2.24) is 14.9 Å². The Morgan fingerprint density at radius 2 is 1.85 bits per heavy atom. The maximum atomic E-state index is 11.0. The van der Waals surface area contributed by atoms with Crippen LogP contribution in [0.15, 0.2) is 36.5 Å². The summed E-state index contributed by atoms with van der Waals surface area (Å²) in [4.78, 5) is 17.2. The van der Waals surface area contributed by atoms with E-state index in [0.717, 1.165) is 40.7 Å². The second-order valence-corrected chi connectivity index (χ2v) is 7.32. The summed E-state index contributed by atoms with van der Waals surface area (Å²) < 4.78 is 0. The van der Waals surface area contributed by atoms with E-state index in [1.165, 1.54) is 36.9 Å². The average Bonchev–Trinajstić information content (AvgIpc) is 3.03. The minimum atomic E-state index is -0.905. The number of nitrogens with zero attached hydrogens (tertiary/aromatic N) is 3. The summed E-state index contributed by atoms with van der Waals surface area (Å²) in [6.07, 6.45) is 9.54. The number of benzene rings is 1. The number of rotatable bonds is 5. The first kappa shape index (κ1) is 17.5. The summed E-state index contributed by atoms with van der Waals surface area (Å²) in [6, 6.07) is 8.95. The van der Waals surface area contributed by atoms with E-state index in [4.69, 9.17) is 15.9 Å². The van der Waals surface area contributed by atoms with E-state index in [-0.39, 0.29) is 0 Å². The molecule has 0 atom stereocenters. The van der Waals surface area contributed by atoms with Crippen LogP contribution in [0.1, 0.15) is 65.3 Å². The molecule has 0 bridgehead atoms. The van der Waals surface area contributed by atoms with Crippen LogP contribution < -0.4 is 5.84 Å². The zero-order valence-electron chi connectivity index (χ0n) is 15.3. The lowest BCUT2D eigenvalue weighted by Gasteiger charge is -2.21. The SMILES string of the molecule is Nn1nc(CCc2ccc(C(=O)O)cc2)c2c(C3CCCCC3)nccc21. The van der Waals surface area contributed by atoms with Crippen LogP contribution in [-0.2, 0) is 12.8 Å². The van der Waals surface area contributed by atoms with Crippen molar-refractivity contribution in [2.75, 3.05) is 5.84 Å². The quantitative estimate of drug-likeness (QED) is 0.674. The van der Waals surface area contributed by atoms with Crippen LogP contribution in [0, 0.1) is 0 Å². The van der Waals surface area contributed by atoms with E-state index in [1.54, 1.807) is 12.1 Å². The molecule has 140 valence electrons. The van der Waals surface area contributed by atoms with Gasteiger partial charge in [0.05, 0.1) is 22.5 Å². The van der Waals surface area contributed by atoms with Gasteiger partial charge < -0.3 is 10.9 Å². The van der Waals surface area contributed by atoms with Gasteiger partial charge in [0.15, 0.2) is 0 Å². The standard InChI is InChI=1S/C21H24N4O2/c22-25-18-12-13-23-20(15-4-2-1-3-5-15)19(18)17(24-25)11-8-14-6-9-16(10-7-14)21(26)27/h6-7,9-10,12-13,15H,1-5,8,11,22H2,(H,26,27). The Morgan fingerprint density at radius 1 is 1.11 bits per heavy atom. The van der Waals surface area contributed by atoms with Crippen LogP contribution >= 0.6 is 0 Å². The van der Waals surface area contributed by atoms with Gasteiger partial charge in [-0.1, -0.05) is 31.4 Å². The summed E-state index contributed by atoms with van der Waals surface area (Å²) in [5, 5.41) is 14.7. The van der Waals surface area contributed by atoms with Gasteiger partial charge in [0, 0.05) is 17.5 Å². The van der Waals surface area contributed by atoms with E-state index in [2.05, 4.69) is 5.10 Å². The molecule has 3 N–H and O–H groups in total. The molecule has 0 aliphatic heterocycles. The molecular formula is C21H24N4O2. The van der Waals surface area contributed by atoms with Gasteiger partial charge in [-0.25, -0.2) is 4.79 Å². The Hall–Kier alpha value is -2.89. The number of hydrogen-bond acceptors (Lipinski definition) is 4. The molecule has 1 aromatic carbocycles. The monoisotopic (exact) mass is 364 g/mol. The maximum Gasteiger partial charge on any atom is 0.335 e. The Balaban J connectivity index is 1.62. The summed E-state index contributed by atoms with van der Waals surface area (Å²) >= 11 is 0. The second-order valence-electron chi connectivity index (χ2n) is 7.32. The van der Waals surface area contributed by atoms with Gasteiger partial charge in [0.2, 0.25) is 0 Å². The summed E-state index contributed by atoms with van der Waals surface area (Å²) in [5.41, 5.74) is 4.44. The minimum absolute atomic E-state index is 0.305. The van der Waals surface area contributed by atoms with Gasteiger partial charge in [0.1, 0.15) is 0 Å². The van der Waals surface area contributed by atoms with Gasteiger partial charge in [-0.15, -0.1) is 0 Å². The van der Waals surface area contributed by atoms with Crippen molar-refractivity contribution in [2.45, 2.75) is 50.9 Å². The summed E-state index contributed by atoms with van der Waals surface area (Å²) in [5.74, 6) is 5.69. The van der Waals surface area contributed by atoms with Crippen LogP contribution in [-0.4, -0.2) is 25.9 Å². The van der Waals surface area contributed by atoms with Crippen molar-refractivity contribution < 1.29 is 9.90 Å². The summed E-state index contributed by atoms with van der Waals surface area (Å²) in [6.45, 7) is 0. The van der Waals surface area contributed by atoms with Crippen molar-refractivity contribution in [3.63, 3.8) is 0 Å². The fourth-order valence-electron chi connectivity index (χ4n) is 4.13. The molecule has 2 aromatic heterocycles. The minimum Gasteiger partial charge on any atom is -0.478 e. The van der Waals surface area contributed by atoms with Crippen LogP contribution in [0.3, 0.4) is 0 Å². The Bertz CT molecular complexity index is 956. The molecule has 0 spiro atoms. The van der Waals surface area contributed by atoms with E-state index >= 15 is 0 Å². The molecule has 6 heteroatoms. The molecule has 1 aliphatic carbocycles. The first-order valence-electron chi connectivity index (χ1n) is 9.57. The number of aromatic nitrogens is 3. The summed E-state index contributed by atoms with van der Waals surface area (Å²) in [7, 11) is 0. The number of fused-ring (bicyclic) bond motifs is 1. The number of aromatic carboxylic acids is 1. The fourth-order valence-corrected chi connectivity index (χ4v) is 4.13. The van der Waals surface area contributed by atoms with E-state index in [0.29, 0.717) is 11.5 Å². The number of aryl methyl sites for hydroxylation is 2.